The first-order valence-corrected chi connectivity index (χ1v) is 12.3. The Balaban J connectivity index is 2.40. The van der Waals surface area contributed by atoms with Crippen LogP contribution < -0.4 is 11.1 Å². The number of rotatable bonds is 14. The van der Waals surface area contributed by atoms with Gasteiger partial charge in [0, 0.05) is 36.9 Å². The first kappa shape index (κ1) is 29.8. The Bertz CT molecular complexity index is 1050. The van der Waals surface area contributed by atoms with Crippen LogP contribution in [0.25, 0.3) is 0 Å². The minimum Gasteiger partial charge on any atom is -0.508 e. The molecule has 3 amide bonds. The maximum atomic E-state index is 13.3. The Morgan fingerprint density at radius 2 is 1.54 bits per heavy atom. The number of primary amides is 1. The molecular weight excluding hydrogens is 478 g/mol. The van der Waals surface area contributed by atoms with Gasteiger partial charge in [-0.2, -0.15) is 0 Å². The molecule has 0 saturated heterocycles. The van der Waals surface area contributed by atoms with E-state index in [2.05, 4.69) is 5.32 Å². The summed E-state index contributed by atoms with van der Waals surface area (Å²) in [5.74, 6) is -1.72. The molecule has 0 aliphatic rings. The summed E-state index contributed by atoms with van der Waals surface area (Å²) in [4.78, 5) is 40.1. The molecule has 10 nitrogen and oxygen atoms in total. The van der Waals surface area contributed by atoms with Crippen molar-refractivity contribution in [2.45, 2.75) is 51.4 Å². The normalized spacial score (nSPS) is 13.4. The van der Waals surface area contributed by atoms with E-state index < -0.39 is 30.1 Å². The van der Waals surface area contributed by atoms with Crippen LogP contribution in [0.4, 0.5) is 0 Å². The van der Waals surface area contributed by atoms with Gasteiger partial charge in [-0.15, -0.1) is 0 Å². The Labute approximate surface area is 217 Å². The number of hydrogen-bond donors (Lipinski definition) is 5. The van der Waals surface area contributed by atoms with Crippen LogP contribution >= 0.6 is 0 Å². The fourth-order valence-electron chi connectivity index (χ4n) is 3.99. The van der Waals surface area contributed by atoms with Crippen LogP contribution in [-0.2, 0) is 11.2 Å². The number of phenols is 1. The van der Waals surface area contributed by atoms with Crippen molar-refractivity contribution in [2.75, 3.05) is 26.8 Å². The van der Waals surface area contributed by atoms with Crippen LogP contribution in [0.15, 0.2) is 42.5 Å². The van der Waals surface area contributed by atoms with E-state index in [9.17, 15) is 29.7 Å². The number of ether oxygens (including phenoxy) is 1. The third-order valence-electron chi connectivity index (χ3n) is 5.85. The van der Waals surface area contributed by atoms with E-state index in [0.29, 0.717) is 18.7 Å². The number of carbonyl (C=O) groups excluding carboxylic acids is 3. The summed E-state index contributed by atoms with van der Waals surface area (Å²) >= 11 is 0. The zero-order valence-electron chi connectivity index (χ0n) is 21.5. The van der Waals surface area contributed by atoms with Gasteiger partial charge in [-0.1, -0.05) is 26.0 Å². The quantitative estimate of drug-likeness (QED) is 0.254. The summed E-state index contributed by atoms with van der Waals surface area (Å²) in [6.07, 6.45) is -1.08. The smallest absolute Gasteiger partial charge is 0.253 e. The highest BCUT2D eigenvalue weighted by Gasteiger charge is 2.29. The van der Waals surface area contributed by atoms with Gasteiger partial charge in [0.1, 0.15) is 18.0 Å². The van der Waals surface area contributed by atoms with Gasteiger partial charge in [0.15, 0.2) is 0 Å². The van der Waals surface area contributed by atoms with Crippen molar-refractivity contribution in [1.29, 1.82) is 0 Å². The number of nitrogens with one attached hydrogen (secondary N) is 1. The zero-order valence-corrected chi connectivity index (χ0v) is 21.5. The van der Waals surface area contributed by atoms with Crippen molar-refractivity contribution in [3.05, 3.63) is 64.7 Å². The Kier molecular flexibility index (Phi) is 11.5. The minimum absolute atomic E-state index is 0.000928. The van der Waals surface area contributed by atoms with Crippen LogP contribution in [0.5, 0.6) is 5.75 Å². The number of nitrogens with two attached hydrogens (primary N) is 1. The standard InChI is InChI=1S/C27H37N3O7/c1-4-10-30(11-5-2)27(36)20-14-18(25(28)34)13-19(15-20)26(35)29-22(24(33)23(32)16-37-3)12-17-6-8-21(31)9-7-17/h6-9,13-15,22-24,31-33H,4-5,10-12,16H2,1-3H3,(H2,28,34)(H,29,35). The van der Waals surface area contributed by atoms with Gasteiger partial charge in [-0.25, -0.2) is 0 Å². The Morgan fingerprint density at radius 1 is 0.973 bits per heavy atom. The van der Waals surface area contributed by atoms with Crippen molar-refractivity contribution < 1.29 is 34.4 Å². The number of aromatic hydroxyl groups is 1. The average Bonchev–Trinajstić information content (AvgIpc) is 2.88. The molecule has 3 atom stereocenters. The van der Waals surface area contributed by atoms with Crippen LogP contribution in [0.2, 0.25) is 0 Å². The number of aliphatic hydroxyl groups excluding tert-OH is 2. The van der Waals surface area contributed by atoms with E-state index in [0.717, 1.165) is 12.8 Å². The first-order valence-electron chi connectivity index (χ1n) is 12.3. The lowest BCUT2D eigenvalue weighted by molar-refractivity contribution is -0.0407. The molecule has 0 spiro atoms. The summed E-state index contributed by atoms with van der Waals surface area (Å²) in [6.45, 7) is 4.78. The average molecular weight is 516 g/mol. The number of hydrogen-bond acceptors (Lipinski definition) is 7. The molecule has 2 aromatic rings. The van der Waals surface area contributed by atoms with E-state index in [-0.39, 0.29) is 41.4 Å². The molecule has 2 aromatic carbocycles. The molecule has 0 saturated carbocycles. The van der Waals surface area contributed by atoms with Gasteiger partial charge in [0.25, 0.3) is 11.8 Å². The van der Waals surface area contributed by atoms with E-state index in [4.69, 9.17) is 10.5 Å². The van der Waals surface area contributed by atoms with Crippen LogP contribution in [-0.4, -0.2) is 83.0 Å². The van der Waals surface area contributed by atoms with Crippen molar-refractivity contribution in [3.63, 3.8) is 0 Å². The summed E-state index contributed by atoms with van der Waals surface area (Å²) in [6, 6.07) is 9.28. The summed E-state index contributed by atoms with van der Waals surface area (Å²) in [7, 11) is 1.37. The van der Waals surface area contributed by atoms with E-state index in [1.54, 1.807) is 17.0 Å². The van der Waals surface area contributed by atoms with Crippen molar-refractivity contribution in [2.24, 2.45) is 5.73 Å². The lowest BCUT2D eigenvalue weighted by Crippen LogP contribution is -2.51. The van der Waals surface area contributed by atoms with Crippen LogP contribution in [0, 0.1) is 0 Å². The maximum Gasteiger partial charge on any atom is 0.253 e. The molecule has 0 aliphatic carbocycles. The van der Waals surface area contributed by atoms with Gasteiger partial charge in [0.05, 0.1) is 12.6 Å². The molecule has 202 valence electrons. The topological polar surface area (TPSA) is 162 Å². The van der Waals surface area contributed by atoms with Gasteiger partial charge in [0.2, 0.25) is 5.91 Å². The third-order valence-corrected chi connectivity index (χ3v) is 5.85. The summed E-state index contributed by atoms with van der Waals surface area (Å²) in [5, 5.41) is 33.3. The highest BCUT2D eigenvalue weighted by molar-refractivity contribution is 6.04. The lowest BCUT2D eigenvalue weighted by atomic mass is 9.96. The maximum absolute atomic E-state index is 13.3. The van der Waals surface area contributed by atoms with Crippen molar-refractivity contribution in [1.82, 2.24) is 10.2 Å². The SMILES string of the molecule is CCCN(CCC)C(=O)c1cc(C(N)=O)cc(C(=O)NC(Cc2ccc(O)cc2)C(O)C(O)COC)c1. The molecule has 0 heterocycles. The van der Waals surface area contributed by atoms with Gasteiger partial charge < -0.3 is 36.0 Å². The molecule has 10 heteroatoms. The number of aliphatic hydroxyl groups is 2. The van der Waals surface area contributed by atoms with E-state index >= 15 is 0 Å². The second kappa shape index (κ2) is 14.3. The van der Waals surface area contributed by atoms with Gasteiger partial charge in [-0.3, -0.25) is 14.4 Å². The second-order valence-electron chi connectivity index (χ2n) is 8.92. The number of phenolic OH excluding ortho intramolecular Hbond substituents is 1. The zero-order chi connectivity index (χ0) is 27.5. The molecule has 0 radical (unpaired) electrons. The minimum atomic E-state index is -1.40. The van der Waals surface area contributed by atoms with Crippen LogP contribution in [0.1, 0.15) is 63.3 Å². The van der Waals surface area contributed by atoms with Crippen molar-refractivity contribution >= 4 is 17.7 Å². The summed E-state index contributed by atoms with van der Waals surface area (Å²) < 4.78 is 4.93. The molecule has 37 heavy (non-hydrogen) atoms. The van der Waals surface area contributed by atoms with Crippen molar-refractivity contribution in [3.8, 4) is 5.75 Å². The largest absolute Gasteiger partial charge is 0.508 e. The molecule has 0 aliphatic heterocycles. The fraction of sp³-hybridized carbons (Fsp3) is 0.444. The molecule has 3 unspecified atom stereocenters. The van der Waals surface area contributed by atoms with Gasteiger partial charge >= 0.3 is 0 Å². The summed E-state index contributed by atoms with van der Waals surface area (Å²) in [5.41, 5.74) is 6.32. The molecule has 0 aromatic heterocycles. The lowest BCUT2D eigenvalue weighted by Gasteiger charge is -2.28. The number of amides is 3. The van der Waals surface area contributed by atoms with E-state index in [1.165, 1.54) is 37.4 Å². The Morgan fingerprint density at radius 3 is 2.08 bits per heavy atom. The monoisotopic (exact) mass is 515 g/mol. The van der Waals surface area contributed by atoms with Crippen LogP contribution in [0.3, 0.4) is 0 Å². The second-order valence-corrected chi connectivity index (χ2v) is 8.92. The number of carbonyl (C=O) groups is 3. The Hall–Kier alpha value is -3.47. The molecule has 0 fully saturated rings. The molecular formula is C27H37N3O7. The highest BCUT2D eigenvalue weighted by atomic mass is 16.5. The molecule has 0 bridgehead atoms. The molecule has 6 N–H and O–H groups in total. The van der Waals surface area contributed by atoms with E-state index in [1.807, 2.05) is 13.8 Å². The number of nitrogens with zero attached hydrogens (tertiary/aromatic N) is 1. The number of benzene rings is 2. The third kappa shape index (κ3) is 8.56. The predicted molar refractivity (Wildman–Crippen MR) is 138 cm³/mol. The number of methoxy groups -OCH3 is 1. The predicted octanol–water partition coefficient (Wildman–Crippen LogP) is 1.46. The molecule has 2 rings (SSSR count). The fourth-order valence-corrected chi connectivity index (χ4v) is 3.99. The highest BCUT2D eigenvalue weighted by Crippen LogP contribution is 2.17. The first-order chi connectivity index (χ1) is 17.6. The van der Waals surface area contributed by atoms with Gasteiger partial charge in [-0.05, 0) is 55.2 Å².